The second kappa shape index (κ2) is 18.7. The van der Waals surface area contributed by atoms with Gasteiger partial charge in [-0.3, -0.25) is 0 Å². The van der Waals surface area contributed by atoms with Crippen molar-refractivity contribution >= 4 is 116 Å². The molecule has 0 amide bonds. The van der Waals surface area contributed by atoms with Gasteiger partial charge in [0.25, 0.3) is 0 Å². The minimum Gasteiger partial charge on any atom is -0.309 e. The molecule has 0 aliphatic rings. The molecule has 4 aromatic heterocycles. The maximum atomic E-state index is 2.54. The number of hydrogen-bond donors (Lipinski definition) is 0. The van der Waals surface area contributed by atoms with Crippen LogP contribution in [0.4, 0.5) is 0 Å². The Morgan fingerprint density at radius 1 is 0.193 bits per heavy atom. The van der Waals surface area contributed by atoms with Gasteiger partial charge in [0.1, 0.15) is 0 Å². The fraction of sp³-hybridized carbons (Fsp3) is 0. The van der Waals surface area contributed by atoms with E-state index in [1.54, 1.807) is 0 Å². The molecule has 0 fully saturated rings. The second-order valence-corrected chi connectivity index (χ2v) is 25.8. The Bertz CT molecular complexity index is 5230. The van der Waals surface area contributed by atoms with E-state index >= 15 is 0 Å². The highest BCUT2D eigenvalue weighted by Gasteiger charge is 2.41. The normalized spacial score (nSPS) is 12.1. The zero-order chi connectivity index (χ0) is 54.6. The van der Waals surface area contributed by atoms with E-state index in [0.29, 0.717) is 0 Å². The van der Waals surface area contributed by atoms with Crippen LogP contribution in [0.3, 0.4) is 0 Å². The molecule has 13 aromatic carbocycles. The second-order valence-electron chi connectivity index (χ2n) is 22.0. The van der Waals surface area contributed by atoms with E-state index in [0.717, 1.165) is 50.4 Å². The Hall–Kier alpha value is -10.7. The van der Waals surface area contributed by atoms with Crippen LogP contribution >= 0.6 is 0 Å². The molecule has 83 heavy (non-hydrogen) atoms. The Morgan fingerprint density at radius 3 is 1.13 bits per heavy atom. The van der Waals surface area contributed by atoms with E-state index in [9.17, 15) is 0 Å². The van der Waals surface area contributed by atoms with E-state index in [-0.39, 0.29) is 0 Å². The third-order valence-corrected chi connectivity index (χ3v) is 22.4. The summed E-state index contributed by atoms with van der Waals surface area (Å²) in [6.45, 7) is 0. The van der Waals surface area contributed by atoms with Crippen molar-refractivity contribution in [3.05, 3.63) is 315 Å². The number of benzene rings is 13. The van der Waals surface area contributed by atoms with Gasteiger partial charge in [0, 0.05) is 60.2 Å². The molecule has 4 heterocycles. The number of aromatic nitrogens is 4. The molecule has 0 radical (unpaired) electrons. The fourth-order valence-electron chi connectivity index (χ4n) is 14.2. The van der Waals surface area contributed by atoms with Crippen LogP contribution in [0, 0.1) is 0 Å². The van der Waals surface area contributed by atoms with Crippen LogP contribution in [-0.4, -0.2) is 26.3 Å². The lowest BCUT2D eigenvalue weighted by molar-refractivity contribution is 1.13. The van der Waals surface area contributed by atoms with E-state index < -0.39 is 8.07 Å². The predicted molar refractivity (Wildman–Crippen MR) is 353 cm³/mol. The van der Waals surface area contributed by atoms with Crippen LogP contribution in [0.15, 0.2) is 315 Å². The Kier molecular flexibility index (Phi) is 10.6. The van der Waals surface area contributed by atoms with Crippen molar-refractivity contribution in [1.82, 2.24) is 18.3 Å². The van der Waals surface area contributed by atoms with Crippen LogP contribution in [0.5, 0.6) is 0 Å². The molecule has 388 valence electrons. The Labute approximate surface area is 480 Å². The van der Waals surface area contributed by atoms with Gasteiger partial charge in [0.05, 0.1) is 49.8 Å². The quantitative estimate of drug-likeness (QED) is 0.101. The number of para-hydroxylation sites is 5. The molecular formula is C78H52N4Si. The van der Waals surface area contributed by atoms with Crippen LogP contribution < -0.4 is 20.7 Å². The average molecular weight is 1070 g/mol. The van der Waals surface area contributed by atoms with E-state index in [4.69, 9.17) is 0 Å². The van der Waals surface area contributed by atoms with Gasteiger partial charge in [-0.1, -0.05) is 231 Å². The molecule has 5 heteroatoms. The highest BCUT2D eigenvalue weighted by atomic mass is 28.3. The summed E-state index contributed by atoms with van der Waals surface area (Å²) in [5.41, 5.74) is 16.2. The summed E-state index contributed by atoms with van der Waals surface area (Å²) in [6, 6.07) is 118. The highest BCUT2D eigenvalue weighted by molar-refractivity contribution is 7.20. The lowest BCUT2D eigenvalue weighted by atomic mass is 10.0. The first kappa shape index (κ1) is 47.1. The van der Waals surface area contributed by atoms with Crippen molar-refractivity contribution in [2.45, 2.75) is 0 Å². The molecule has 0 saturated heterocycles. The van der Waals surface area contributed by atoms with Gasteiger partial charge in [-0.25, -0.2) is 0 Å². The number of fused-ring (bicyclic) bond motifs is 12. The average Bonchev–Trinajstić information content (AvgIpc) is 2.62. The molecule has 17 aromatic rings. The minimum atomic E-state index is -2.89. The lowest BCUT2D eigenvalue weighted by Crippen LogP contribution is -2.74. The lowest BCUT2D eigenvalue weighted by Gasteiger charge is -2.34. The van der Waals surface area contributed by atoms with Gasteiger partial charge in [-0.2, -0.15) is 0 Å². The summed E-state index contributed by atoms with van der Waals surface area (Å²) >= 11 is 0. The van der Waals surface area contributed by atoms with Gasteiger partial charge < -0.3 is 18.3 Å². The first-order chi connectivity index (χ1) is 41.2. The van der Waals surface area contributed by atoms with Crippen molar-refractivity contribution < 1.29 is 0 Å². The largest absolute Gasteiger partial charge is 0.309 e. The molecule has 0 aliphatic heterocycles. The van der Waals surface area contributed by atoms with Crippen LogP contribution in [-0.2, 0) is 0 Å². The van der Waals surface area contributed by atoms with Gasteiger partial charge in [-0.15, -0.1) is 0 Å². The number of hydrogen-bond acceptors (Lipinski definition) is 0. The number of nitrogens with zero attached hydrogens (tertiary/aromatic N) is 4. The first-order valence-electron chi connectivity index (χ1n) is 28.7. The highest BCUT2D eigenvalue weighted by Crippen LogP contribution is 2.43. The zero-order valence-corrected chi connectivity index (χ0v) is 46.3. The molecule has 17 rings (SSSR count). The van der Waals surface area contributed by atoms with Gasteiger partial charge in [-0.05, 0) is 117 Å². The Balaban J connectivity index is 0.913. The SMILES string of the molecule is c1ccc(-c2cc(-n3c4ccccc4c4ccc([Si](c5ccccc5)(c5ccccc5)c5ccccc5)cc43)cc(-n3c4ccccc4c4c(-n5c6ccccc6c6cc(-n7c8ccccc8c8ccccc87)ccc65)cccc43)c2)cc1. The minimum absolute atomic E-state index is 1.09. The first-order valence-corrected chi connectivity index (χ1v) is 30.7. The molecule has 0 N–H and O–H groups in total. The maximum Gasteiger partial charge on any atom is 0.179 e. The summed E-state index contributed by atoms with van der Waals surface area (Å²) in [5, 5.41) is 15.2. The van der Waals surface area contributed by atoms with Crippen molar-refractivity contribution in [2.24, 2.45) is 0 Å². The van der Waals surface area contributed by atoms with Gasteiger partial charge in [0.2, 0.25) is 0 Å². The molecule has 0 aliphatic carbocycles. The zero-order valence-electron chi connectivity index (χ0n) is 45.3. The van der Waals surface area contributed by atoms with Gasteiger partial charge >= 0.3 is 0 Å². The summed E-state index contributed by atoms with van der Waals surface area (Å²) in [4.78, 5) is 0. The molecule has 0 atom stereocenters. The molecule has 0 spiro atoms. The third-order valence-electron chi connectivity index (χ3n) is 17.7. The van der Waals surface area contributed by atoms with Crippen molar-refractivity contribution in [2.75, 3.05) is 0 Å². The van der Waals surface area contributed by atoms with Gasteiger partial charge in [0.15, 0.2) is 8.07 Å². The van der Waals surface area contributed by atoms with Crippen LogP contribution in [0.25, 0.3) is 121 Å². The summed E-state index contributed by atoms with van der Waals surface area (Å²) in [7, 11) is -2.89. The fourth-order valence-corrected chi connectivity index (χ4v) is 19.0. The Morgan fingerprint density at radius 2 is 0.590 bits per heavy atom. The van der Waals surface area contributed by atoms with Crippen LogP contribution in [0.1, 0.15) is 0 Å². The standard InChI is InChI=1S/C78H52N4Si/c1-5-24-53(25-6-1)54-48-56(50-57(49-54)81-71-39-20-15-34-64(71)66-46-45-61(52-77(66)81)83(58-26-7-2-8-27-58,59-28-9-3-10-29-59)60-30-11-4-12-31-60)80-73-41-22-17-36-67(73)78-75(80)42-23-43-76(78)82-72-40-21-16-35-65(72)68-51-55(44-47-74(68)82)79-69-37-18-13-32-62(69)63-33-14-19-38-70(63)79/h1-52H. The summed E-state index contributed by atoms with van der Waals surface area (Å²) in [5.74, 6) is 0. The maximum absolute atomic E-state index is 2.89. The molecule has 0 saturated carbocycles. The third kappa shape index (κ3) is 7.05. The monoisotopic (exact) mass is 1070 g/mol. The van der Waals surface area contributed by atoms with Crippen molar-refractivity contribution in [3.8, 4) is 33.9 Å². The molecule has 4 nitrogen and oxygen atoms in total. The smallest absolute Gasteiger partial charge is 0.179 e. The number of rotatable bonds is 9. The summed E-state index contributed by atoms with van der Waals surface area (Å²) < 4.78 is 9.98. The molecule has 0 unspecified atom stereocenters. The van der Waals surface area contributed by atoms with E-state index in [1.165, 1.54) is 91.4 Å². The summed E-state index contributed by atoms with van der Waals surface area (Å²) in [6.07, 6.45) is 0. The molecular weight excluding hydrogens is 1020 g/mol. The van der Waals surface area contributed by atoms with Crippen LogP contribution in [0.2, 0.25) is 0 Å². The van der Waals surface area contributed by atoms with Crippen molar-refractivity contribution in [1.29, 1.82) is 0 Å². The van der Waals surface area contributed by atoms with Crippen molar-refractivity contribution in [3.63, 3.8) is 0 Å². The van der Waals surface area contributed by atoms with E-state index in [1.807, 2.05) is 0 Å². The predicted octanol–water partition coefficient (Wildman–Crippen LogP) is 17.1. The topological polar surface area (TPSA) is 19.7 Å². The molecule has 0 bridgehead atoms. The van der Waals surface area contributed by atoms with E-state index in [2.05, 4.69) is 334 Å².